The SMILES string of the molecule is N[C@@H](c1cc(Br)ccc1O)C(F)F. The first-order valence-electron chi connectivity index (χ1n) is 3.54. The molecule has 1 aromatic rings. The van der Waals surface area contributed by atoms with Gasteiger partial charge in [0, 0.05) is 10.0 Å². The molecule has 1 aromatic carbocycles. The third-order valence-electron chi connectivity index (χ3n) is 1.62. The summed E-state index contributed by atoms with van der Waals surface area (Å²) in [5.74, 6) is -0.212. The molecule has 0 saturated heterocycles. The van der Waals surface area contributed by atoms with Crippen molar-refractivity contribution >= 4 is 15.9 Å². The topological polar surface area (TPSA) is 46.2 Å². The van der Waals surface area contributed by atoms with Crippen molar-refractivity contribution in [2.75, 3.05) is 0 Å². The maximum atomic E-state index is 12.2. The van der Waals surface area contributed by atoms with E-state index in [1.807, 2.05) is 0 Å². The molecular weight excluding hydrogens is 244 g/mol. The molecule has 0 aliphatic rings. The Bertz CT molecular complexity index is 306. The largest absolute Gasteiger partial charge is 0.508 e. The number of benzene rings is 1. The number of phenolic OH excluding ortho intramolecular Hbond substituents is 1. The number of aromatic hydroxyl groups is 1. The van der Waals surface area contributed by atoms with Crippen LogP contribution in [0.5, 0.6) is 5.75 Å². The lowest BCUT2D eigenvalue weighted by Crippen LogP contribution is -2.18. The van der Waals surface area contributed by atoms with Crippen LogP contribution in [0.3, 0.4) is 0 Å². The van der Waals surface area contributed by atoms with Crippen molar-refractivity contribution in [3.05, 3.63) is 28.2 Å². The maximum Gasteiger partial charge on any atom is 0.257 e. The van der Waals surface area contributed by atoms with Crippen LogP contribution in [0.15, 0.2) is 22.7 Å². The fourth-order valence-corrected chi connectivity index (χ4v) is 1.31. The first-order chi connectivity index (χ1) is 6.02. The molecule has 2 nitrogen and oxygen atoms in total. The molecule has 0 fully saturated rings. The molecule has 0 heterocycles. The minimum atomic E-state index is -2.68. The highest BCUT2D eigenvalue weighted by atomic mass is 79.9. The van der Waals surface area contributed by atoms with Crippen LogP contribution in [0.2, 0.25) is 0 Å². The smallest absolute Gasteiger partial charge is 0.257 e. The van der Waals surface area contributed by atoms with Gasteiger partial charge in [-0.2, -0.15) is 0 Å². The van der Waals surface area contributed by atoms with Crippen LogP contribution in [-0.2, 0) is 0 Å². The average molecular weight is 252 g/mol. The Morgan fingerprint density at radius 3 is 2.54 bits per heavy atom. The van der Waals surface area contributed by atoms with E-state index >= 15 is 0 Å². The molecule has 0 aromatic heterocycles. The van der Waals surface area contributed by atoms with Crippen LogP contribution in [0.4, 0.5) is 8.78 Å². The summed E-state index contributed by atoms with van der Waals surface area (Å²) in [6.45, 7) is 0. The van der Waals surface area contributed by atoms with E-state index in [9.17, 15) is 13.9 Å². The molecular formula is C8H8BrF2NO. The molecule has 72 valence electrons. The zero-order valence-electron chi connectivity index (χ0n) is 6.55. The van der Waals surface area contributed by atoms with Gasteiger partial charge in [0.25, 0.3) is 6.43 Å². The lowest BCUT2D eigenvalue weighted by molar-refractivity contribution is 0.115. The summed E-state index contributed by atoms with van der Waals surface area (Å²) in [5.41, 5.74) is 5.22. The van der Waals surface area contributed by atoms with Crippen LogP contribution in [0.25, 0.3) is 0 Å². The Morgan fingerprint density at radius 2 is 2.00 bits per heavy atom. The molecule has 0 amide bonds. The van der Waals surface area contributed by atoms with Gasteiger partial charge in [0.1, 0.15) is 5.75 Å². The fraction of sp³-hybridized carbons (Fsp3) is 0.250. The molecule has 0 bridgehead atoms. The molecule has 0 saturated carbocycles. The molecule has 1 atom stereocenters. The van der Waals surface area contributed by atoms with Gasteiger partial charge in [0.05, 0.1) is 6.04 Å². The highest BCUT2D eigenvalue weighted by molar-refractivity contribution is 9.10. The van der Waals surface area contributed by atoms with E-state index in [1.54, 1.807) is 6.07 Å². The Morgan fingerprint density at radius 1 is 1.38 bits per heavy atom. The minimum Gasteiger partial charge on any atom is -0.508 e. The first-order valence-corrected chi connectivity index (χ1v) is 4.34. The van der Waals surface area contributed by atoms with Crippen LogP contribution in [0.1, 0.15) is 11.6 Å². The summed E-state index contributed by atoms with van der Waals surface area (Å²) in [7, 11) is 0. The van der Waals surface area contributed by atoms with Gasteiger partial charge in [-0.1, -0.05) is 15.9 Å². The first kappa shape index (κ1) is 10.4. The van der Waals surface area contributed by atoms with Gasteiger partial charge in [-0.3, -0.25) is 0 Å². The summed E-state index contributed by atoms with van der Waals surface area (Å²) >= 11 is 3.10. The summed E-state index contributed by atoms with van der Waals surface area (Å²) in [6.07, 6.45) is -2.68. The normalized spacial score (nSPS) is 13.3. The molecule has 13 heavy (non-hydrogen) atoms. The highest BCUT2D eigenvalue weighted by Gasteiger charge is 2.20. The fourth-order valence-electron chi connectivity index (χ4n) is 0.928. The van der Waals surface area contributed by atoms with E-state index in [2.05, 4.69) is 15.9 Å². The summed E-state index contributed by atoms with van der Waals surface area (Å²) in [6, 6.07) is 2.81. The molecule has 0 radical (unpaired) electrons. The van der Waals surface area contributed by atoms with E-state index < -0.39 is 12.5 Å². The lowest BCUT2D eigenvalue weighted by atomic mass is 10.1. The van der Waals surface area contributed by atoms with Crippen molar-refractivity contribution in [3.8, 4) is 5.75 Å². The van der Waals surface area contributed by atoms with Crippen LogP contribution in [0, 0.1) is 0 Å². The zero-order chi connectivity index (χ0) is 10.0. The van der Waals surface area contributed by atoms with Gasteiger partial charge >= 0.3 is 0 Å². The Labute approximate surface area is 82.5 Å². The van der Waals surface area contributed by atoms with Gasteiger partial charge in [-0.15, -0.1) is 0 Å². The van der Waals surface area contributed by atoms with Crippen molar-refractivity contribution in [2.45, 2.75) is 12.5 Å². The molecule has 0 unspecified atom stereocenters. The molecule has 0 aliphatic heterocycles. The zero-order valence-corrected chi connectivity index (χ0v) is 8.13. The van der Waals surface area contributed by atoms with E-state index in [1.165, 1.54) is 12.1 Å². The van der Waals surface area contributed by atoms with Crippen molar-refractivity contribution in [2.24, 2.45) is 5.73 Å². The van der Waals surface area contributed by atoms with Crippen molar-refractivity contribution in [1.82, 2.24) is 0 Å². The molecule has 5 heteroatoms. The molecule has 3 N–H and O–H groups in total. The molecule has 0 spiro atoms. The second-order valence-electron chi connectivity index (χ2n) is 2.56. The van der Waals surface area contributed by atoms with Gasteiger partial charge in [-0.05, 0) is 18.2 Å². The number of rotatable bonds is 2. The summed E-state index contributed by atoms with van der Waals surface area (Å²) < 4.78 is 25.0. The Hall–Kier alpha value is -0.680. The third kappa shape index (κ3) is 2.38. The van der Waals surface area contributed by atoms with Gasteiger partial charge in [0.15, 0.2) is 0 Å². The minimum absolute atomic E-state index is 0.0457. The predicted octanol–water partition coefficient (Wildman–Crippen LogP) is 2.42. The quantitative estimate of drug-likeness (QED) is 0.848. The van der Waals surface area contributed by atoms with Gasteiger partial charge in [-0.25, -0.2) is 8.78 Å². The van der Waals surface area contributed by atoms with E-state index in [0.717, 1.165) is 0 Å². The monoisotopic (exact) mass is 251 g/mol. The number of hydrogen-bond donors (Lipinski definition) is 2. The summed E-state index contributed by atoms with van der Waals surface area (Å²) in [4.78, 5) is 0. The average Bonchev–Trinajstić information content (AvgIpc) is 2.08. The van der Waals surface area contributed by atoms with E-state index in [4.69, 9.17) is 5.73 Å². The molecule has 0 aliphatic carbocycles. The Kier molecular flexibility index (Phi) is 3.22. The van der Waals surface area contributed by atoms with Crippen molar-refractivity contribution in [1.29, 1.82) is 0 Å². The van der Waals surface area contributed by atoms with Crippen molar-refractivity contribution in [3.63, 3.8) is 0 Å². The maximum absolute atomic E-state index is 12.2. The number of phenols is 1. The predicted molar refractivity (Wildman–Crippen MR) is 48.7 cm³/mol. The Balaban J connectivity index is 3.05. The number of halogens is 3. The summed E-state index contributed by atoms with van der Waals surface area (Å²) in [5, 5.41) is 9.22. The van der Waals surface area contributed by atoms with Crippen LogP contribution < -0.4 is 5.73 Å². The lowest BCUT2D eigenvalue weighted by Gasteiger charge is -2.12. The third-order valence-corrected chi connectivity index (χ3v) is 2.11. The van der Waals surface area contributed by atoms with Crippen LogP contribution >= 0.6 is 15.9 Å². The van der Waals surface area contributed by atoms with Crippen molar-refractivity contribution < 1.29 is 13.9 Å². The van der Waals surface area contributed by atoms with E-state index in [0.29, 0.717) is 4.47 Å². The van der Waals surface area contributed by atoms with E-state index in [-0.39, 0.29) is 11.3 Å². The standard InChI is InChI=1S/C8H8BrF2NO/c9-4-1-2-6(13)5(3-4)7(12)8(10)11/h1-3,7-8,13H,12H2/t7-/m0/s1. The van der Waals surface area contributed by atoms with Gasteiger partial charge < -0.3 is 10.8 Å². The number of hydrogen-bond acceptors (Lipinski definition) is 2. The second-order valence-corrected chi connectivity index (χ2v) is 3.48. The number of nitrogens with two attached hydrogens (primary N) is 1. The van der Waals surface area contributed by atoms with Gasteiger partial charge in [0.2, 0.25) is 0 Å². The highest BCUT2D eigenvalue weighted by Crippen LogP contribution is 2.29. The molecule has 1 rings (SSSR count). The van der Waals surface area contributed by atoms with Crippen LogP contribution in [-0.4, -0.2) is 11.5 Å². The second kappa shape index (κ2) is 4.02. The number of alkyl halides is 2.